The highest BCUT2D eigenvalue weighted by molar-refractivity contribution is 7.80. The summed E-state index contributed by atoms with van der Waals surface area (Å²) in [6.07, 6.45) is 1.43. The fourth-order valence-electron chi connectivity index (χ4n) is 2.72. The first kappa shape index (κ1) is 20.3. The van der Waals surface area contributed by atoms with Crippen molar-refractivity contribution in [2.75, 3.05) is 10.5 Å². The first-order valence-electron chi connectivity index (χ1n) is 8.58. The topological polar surface area (TPSA) is 110 Å². The molecule has 10 heteroatoms. The van der Waals surface area contributed by atoms with Crippen molar-refractivity contribution < 1.29 is 5.21 Å². The maximum absolute atomic E-state index is 12.8. The minimum Gasteiger partial charge on any atom is -0.733 e. The third-order valence-corrected chi connectivity index (χ3v) is 4.50. The van der Waals surface area contributed by atoms with Gasteiger partial charge in [0.25, 0.3) is 5.56 Å². The van der Waals surface area contributed by atoms with E-state index in [0.717, 1.165) is 11.4 Å². The largest absolute Gasteiger partial charge is 0.733 e. The fourth-order valence-corrected chi connectivity index (χ4v) is 2.90. The van der Waals surface area contributed by atoms with Gasteiger partial charge in [0, 0.05) is 18.4 Å². The molecule has 1 heterocycles. The van der Waals surface area contributed by atoms with Crippen LogP contribution in [0.25, 0.3) is 5.69 Å². The van der Waals surface area contributed by atoms with Crippen molar-refractivity contribution in [3.05, 3.63) is 81.4 Å². The average molecular weight is 411 g/mol. The fraction of sp³-hybridized carbons (Fsp3) is 0.105. The van der Waals surface area contributed by atoms with Crippen molar-refractivity contribution >= 4 is 34.9 Å². The lowest BCUT2D eigenvalue weighted by Crippen LogP contribution is -2.24. The molecule has 0 amide bonds. The summed E-state index contributed by atoms with van der Waals surface area (Å²) in [6, 6.07) is 15.3. The molecule has 0 fully saturated rings. The number of para-hydroxylation sites is 1. The van der Waals surface area contributed by atoms with Crippen LogP contribution < -0.4 is 21.5 Å². The predicted molar refractivity (Wildman–Crippen MR) is 117 cm³/mol. The van der Waals surface area contributed by atoms with Crippen LogP contribution in [-0.2, 0) is 7.05 Å². The Kier molecular flexibility index (Phi) is 6.07. The maximum Gasteiger partial charge on any atom is 0.280 e. The van der Waals surface area contributed by atoms with Gasteiger partial charge in [0.1, 0.15) is 0 Å². The van der Waals surface area contributed by atoms with E-state index in [9.17, 15) is 10.0 Å². The number of benzene rings is 2. The van der Waals surface area contributed by atoms with E-state index in [0.29, 0.717) is 11.3 Å². The first-order valence-corrected chi connectivity index (χ1v) is 8.99. The summed E-state index contributed by atoms with van der Waals surface area (Å²) in [6.45, 7) is 1.83. The molecule has 2 aromatic carbocycles. The molecule has 3 rings (SSSR count). The second-order valence-corrected chi connectivity index (χ2v) is 6.53. The highest BCUT2D eigenvalue weighted by Crippen LogP contribution is 2.15. The number of hydrogen-bond donors (Lipinski definition) is 3. The van der Waals surface area contributed by atoms with E-state index in [4.69, 9.17) is 17.4 Å². The van der Waals surface area contributed by atoms with Gasteiger partial charge in [-0.1, -0.05) is 18.2 Å². The zero-order chi connectivity index (χ0) is 21.0. The Bertz CT molecular complexity index is 1090. The number of hydrazone groups is 1. The Hall–Kier alpha value is -3.47. The summed E-state index contributed by atoms with van der Waals surface area (Å²) in [4.78, 5) is 12.8. The molecule has 29 heavy (non-hydrogen) atoms. The number of rotatable bonds is 5. The second-order valence-electron chi connectivity index (χ2n) is 6.12. The van der Waals surface area contributed by atoms with Gasteiger partial charge in [-0.2, -0.15) is 5.10 Å². The normalized spacial score (nSPS) is 10.9. The number of nitrogens with one attached hydrogen (secondary N) is 2. The molecule has 0 atom stereocenters. The van der Waals surface area contributed by atoms with Crippen LogP contribution >= 0.6 is 12.2 Å². The Morgan fingerprint density at radius 2 is 1.86 bits per heavy atom. The van der Waals surface area contributed by atoms with E-state index in [1.54, 1.807) is 28.5 Å². The van der Waals surface area contributed by atoms with Crippen molar-refractivity contribution in [2.45, 2.75) is 6.92 Å². The Morgan fingerprint density at radius 1 is 1.21 bits per heavy atom. The molecule has 0 aliphatic carbocycles. The molecule has 0 saturated heterocycles. The van der Waals surface area contributed by atoms with E-state index in [2.05, 4.69) is 15.8 Å². The molecule has 0 aliphatic rings. The molecule has 0 radical (unpaired) electrons. The van der Waals surface area contributed by atoms with Crippen molar-refractivity contribution in [1.29, 1.82) is 0 Å². The van der Waals surface area contributed by atoms with Gasteiger partial charge < -0.3 is 15.8 Å². The smallest absolute Gasteiger partial charge is 0.280 e. The predicted octanol–water partition coefficient (Wildman–Crippen LogP) is 2.50. The van der Waals surface area contributed by atoms with Gasteiger partial charge in [0.15, 0.2) is 5.11 Å². The summed E-state index contributed by atoms with van der Waals surface area (Å²) in [5.41, 5.74) is 5.11. The Morgan fingerprint density at radius 3 is 2.48 bits per heavy atom. The number of thiocarbonyl (C=S) groups is 1. The van der Waals surface area contributed by atoms with Gasteiger partial charge >= 0.3 is 0 Å². The molecule has 3 N–H and O–H groups in total. The molecule has 9 nitrogen and oxygen atoms in total. The lowest BCUT2D eigenvalue weighted by Gasteiger charge is -2.21. The monoisotopic (exact) mass is 411 g/mol. The Balaban J connectivity index is 1.70. The maximum atomic E-state index is 12.8. The van der Waals surface area contributed by atoms with Gasteiger partial charge in [-0.25, -0.2) is 4.68 Å². The number of anilines is 2. The number of hydrogen-bond acceptors (Lipinski definition) is 6. The summed E-state index contributed by atoms with van der Waals surface area (Å²) in [7, 11) is 1.81. The van der Waals surface area contributed by atoms with Crippen LogP contribution in [0, 0.1) is 12.1 Å². The van der Waals surface area contributed by atoms with Crippen LogP contribution in [-0.4, -0.2) is 25.9 Å². The molecule has 0 saturated carbocycles. The standard InChI is InChI=1S/C19H19N6O3S/c1-13-17(18(26)24(23(13)2)15-6-4-3-5-7-15)12-20-22-19(29)21-14-8-10-16(11-9-14)25(27)28/h3-12,27H,1-2H3,(H2,21,22,29)/q-1/b20-12+. The van der Waals surface area contributed by atoms with Crippen LogP contribution in [0.4, 0.5) is 11.4 Å². The van der Waals surface area contributed by atoms with Crippen molar-refractivity contribution in [1.82, 2.24) is 14.8 Å². The van der Waals surface area contributed by atoms with E-state index in [1.165, 1.54) is 18.3 Å². The van der Waals surface area contributed by atoms with Crippen molar-refractivity contribution in [2.24, 2.45) is 12.1 Å². The minimum atomic E-state index is -0.227. The first-order chi connectivity index (χ1) is 13.9. The molecule has 1 aromatic heterocycles. The zero-order valence-corrected chi connectivity index (χ0v) is 16.6. The highest BCUT2D eigenvalue weighted by atomic mass is 32.1. The molecule has 0 bridgehead atoms. The van der Waals surface area contributed by atoms with Gasteiger partial charge in [0.05, 0.1) is 23.2 Å². The molecule has 3 aromatic rings. The van der Waals surface area contributed by atoms with Crippen LogP contribution in [0.1, 0.15) is 11.3 Å². The lowest BCUT2D eigenvalue weighted by molar-refractivity contribution is 0.296. The molecular weight excluding hydrogens is 392 g/mol. The molecule has 0 spiro atoms. The van der Waals surface area contributed by atoms with Crippen molar-refractivity contribution in [3.8, 4) is 5.69 Å². The minimum absolute atomic E-state index is 0.0988. The average Bonchev–Trinajstić information content (AvgIpc) is 2.92. The highest BCUT2D eigenvalue weighted by Gasteiger charge is 2.14. The lowest BCUT2D eigenvalue weighted by atomic mass is 10.3. The summed E-state index contributed by atoms with van der Waals surface area (Å²) < 4.78 is 3.33. The molecular formula is C19H19N6O3S-. The molecule has 150 valence electrons. The second kappa shape index (κ2) is 8.69. The van der Waals surface area contributed by atoms with Crippen molar-refractivity contribution in [3.63, 3.8) is 0 Å². The summed E-state index contributed by atoms with van der Waals surface area (Å²) >= 11 is 5.16. The number of aromatic nitrogens is 2. The summed E-state index contributed by atoms with van der Waals surface area (Å²) in [5.74, 6) is 0. The third-order valence-electron chi connectivity index (χ3n) is 4.30. The SMILES string of the molecule is Cc1c(/C=N/NC(=S)Nc2ccc(N([O-])O)cc2)c(=O)n(-c2ccccc2)n1C. The van der Waals surface area contributed by atoms with Gasteiger partial charge in [-0.05, 0) is 55.5 Å². The molecule has 0 aliphatic heterocycles. The Labute approximate surface area is 172 Å². The van der Waals surface area contributed by atoms with Crippen LogP contribution in [0.5, 0.6) is 0 Å². The summed E-state index contributed by atoms with van der Waals surface area (Å²) in [5, 5.41) is 26.5. The van der Waals surface area contributed by atoms with E-state index in [1.807, 2.05) is 37.3 Å². The zero-order valence-electron chi connectivity index (χ0n) is 15.7. The third kappa shape index (κ3) is 4.51. The van der Waals surface area contributed by atoms with Crippen LogP contribution in [0.3, 0.4) is 0 Å². The van der Waals surface area contributed by atoms with Gasteiger partial charge in [-0.3, -0.25) is 20.1 Å². The van der Waals surface area contributed by atoms with Crippen LogP contribution in [0.2, 0.25) is 0 Å². The van der Waals surface area contributed by atoms with Gasteiger partial charge in [-0.15, -0.1) is 0 Å². The van der Waals surface area contributed by atoms with Gasteiger partial charge in [0.2, 0.25) is 0 Å². The molecule has 0 unspecified atom stereocenters. The van der Waals surface area contributed by atoms with E-state index >= 15 is 0 Å². The van der Waals surface area contributed by atoms with E-state index in [-0.39, 0.29) is 21.6 Å². The van der Waals surface area contributed by atoms with Crippen LogP contribution in [0.15, 0.2) is 64.5 Å². The van der Waals surface area contributed by atoms with E-state index < -0.39 is 0 Å². The quantitative estimate of drug-likeness (QED) is 0.336. The number of nitrogens with zero attached hydrogens (tertiary/aromatic N) is 4.